The molecule has 0 bridgehead atoms. The van der Waals surface area contributed by atoms with Crippen LogP contribution in [0.1, 0.15) is 15.9 Å². The summed E-state index contributed by atoms with van der Waals surface area (Å²) in [6.07, 6.45) is 0. The number of hydrogen-bond donors (Lipinski definition) is 3. The molecule has 2 aromatic carbocycles. The number of aryl methyl sites for hydroxylation is 1. The number of carbonyl (C=O) groups excluding carboxylic acids is 1. The molecule has 1 amide bonds. The summed E-state index contributed by atoms with van der Waals surface area (Å²) in [5, 5.41) is 10.5. The number of halogens is 1. The lowest BCUT2D eigenvalue weighted by Crippen LogP contribution is -2.34. The number of methoxy groups -OCH3 is 1. The Morgan fingerprint density at radius 1 is 1.23 bits per heavy atom. The van der Waals surface area contributed by atoms with E-state index < -0.39 is 15.9 Å². The smallest absolute Gasteiger partial charge is 0.261 e. The maximum Gasteiger partial charge on any atom is 0.261 e. The predicted octanol–water partition coefficient (Wildman–Crippen LogP) is 2.54. The van der Waals surface area contributed by atoms with Gasteiger partial charge in [-0.25, -0.2) is 13.6 Å². The zero-order valence-corrected chi connectivity index (χ0v) is 17.1. The van der Waals surface area contributed by atoms with E-state index >= 15 is 0 Å². The lowest BCUT2D eigenvalue weighted by atomic mass is 10.1. The highest BCUT2D eigenvalue weighted by Gasteiger charge is 2.17. The third-order valence-electron chi connectivity index (χ3n) is 3.36. The van der Waals surface area contributed by atoms with Crippen LogP contribution < -0.4 is 20.5 Å². The van der Waals surface area contributed by atoms with E-state index in [1.54, 1.807) is 6.07 Å². The van der Waals surface area contributed by atoms with Gasteiger partial charge in [-0.2, -0.15) is 0 Å². The van der Waals surface area contributed by atoms with Crippen LogP contribution in [0, 0.1) is 6.92 Å². The van der Waals surface area contributed by atoms with Gasteiger partial charge in [0.05, 0.1) is 17.6 Å². The average Bonchev–Trinajstić information content (AvgIpc) is 2.53. The molecule has 2 aromatic rings. The molecular weight excluding hydrogens is 442 g/mol. The Morgan fingerprint density at radius 2 is 1.85 bits per heavy atom. The van der Waals surface area contributed by atoms with Crippen LogP contribution in [-0.2, 0) is 10.0 Å². The maximum absolute atomic E-state index is 12.5. The summed E-state index contributed by atoms with van der Waals surface area (Å²) < 4.78 is 28.5. The summed E-state index contributed by atoms with van der Waals surface area (Å²) in [7, 11) is -2.28. The summed E-state index contributed by atoms with van der Waals surface area (Å²) in [5.74, 6) is 0.0101. The Bertz CT molecular complexity index is 960. The van der Waals surface area contributed by atoms with Gasteiger partial charge in [0, 0.05) is 10.2 Å². The highest BCUT2D eigenvalue weighted by Crippen LogP contribution is 2.27. The average molecular weight is 458 g/mol. The SMILES string of the molecule is COc1c(C)cc(Br)cc1C(=O)NC(=S)Nc1ccc(S(N)(=O)=O)cc1. The van der Waals surface area contributed by atoms with Gasteiger partial charge >= 0.3 is 0 Å². The minimum atomic E-state index is -3.77. The monoisotopic (exact) mass is 457 g/mol. The minimum absolute atomic E-state index is 0.0210. The Balaban J connectivity index is 2.12. The molecule has 0 radical (unpaired) electrons. The number of hydrogen-bond acceptors (Lipinski definition) is 5. The Morgan fingerprint density at radius 3 is 2.38 bits per heavy atom. The zero-order valence-electron chi connectivity index (χ0n) is 13.9. The first-order valence-corrected chi connectivity index (χ1v) is 9.96. The molecule has 0 atom stereocenters. The van der Waals surface area contributed by atoms with Gasteiger partial charge in [0.2, 0.25) is 10.0 Å². The van der Waals surface area contributed by atoms with Gasteiger partial charge in [0.1, 0.15) is 5.75 Å². The van der Waals surface area contributed by atoms with E-state index in [0.29, 0.717) is 17.0 Å². The van der Waals surface area contributed by atoms with Gasteiger partial charge in [-0.05, 0) is 61.1 Å². The van der Waals surface area contributed by atoms with E-state index in [2.05, 4.69) is 26.6 Å². The van der Waals surface area contributed by atoms with Crippen LogP contribution in [0.3, 0.4) is 0 Å². The van der Waals surface area contributed by atoms with Gasteiger partial charge in [0.25, 0.3) is 5.91 Å². The second-order valence-corrected chi connectivity index (χ2v) is 8.17. The van der Waals surface area contributed by atoms with E-state index in [1.807, 2.05) is 13.0 Å². The topological polar surface area (TPSA) is 111 Å². The van der Waals surface area contributed by atoms with E-state index in [-0.39, 0.29) is 10.0 Å². The Kier molecular flexibility index (Phi) is 6.34. The van der Waals surface area contributed by atoms with Gasteiger partial charge in [-0.15, -0.1) is 0 Å². The summed E-state index contributed by atoms with van der Waals surface area (Å²) >= 11 is 8.47. The van der Waals surface area contributed by atoms with Crippen molar-refractivity contribution < 1.29 is 17.9 Å². The summed E-state index contributed by atoms with van der Waals surface area (Å²) in [4.78, 5) is 12.5. The molecular formula is C16H16BrN3O4S2. The van der Waals surface area contributed by atoms with Gasteiger partial charge in [0.15, 0.2) is 5.11 Å². The third kappa shape index (κ3) is 5.01. The summed E-state index contributed by atoms with van der Waals surface area (Å²) in [5.41, 5.74) is 1.62. The number of rotatable bonds is 4. The van der Waals surface area contributed by atoms with Crippen LogP contribution in [0.4, 0.5) is 5.69 Å². The fourth-order valence-electron chi connectivity index (χ4n) is 2.23. The van der Waals surface area contributed by atoms with Crippen LogP contribution in [0.15, 0.2) is 45.8 Å². The first kappa shape index (κ1) is 20.3. The number of nitrogens with one attached hydrogen (secondary N) is 2. The number of thiocarbonyl (C=S) groups is 1. The molecule has 2 rings (SSSR count). The molecule has 0 saturated heterocycles. The lowest BCUT2D eigenvalue weighted by Gasteiger charge is -2.14. The molecule has 0 heterocycles. The zero-order chi connectivity index (χ0) is 19.5. The van der Waals surface area contributed by atoms with Crippen molar-refractivity contribution in [3.05, 3.63) is 52.0 Å². The first-order chi connectivity index (χ1) is 12.1. The lowest BCUT2D eigenvalue weighted by molar-refractivity contribution is 0.0974. The molecule has 7 nitrogen and oxygen atoms in total. The number of ether oxygens (including phenoxy) is 1. The van der Waals surface area contributed by atoms with Gasteiger partial charge in [-0.1, -0.05) is 15.9 Å². The van der Waals surface area contributed by atoms with Crippen molar-refractivity contribution in [1.82, 2.24) is 5.32 Å². The van der Waals surface area contributed by atoms with Crippen molar-refractivity contribution >= 4 is 54.9 Å². The van der Waals surface area contributed by atoms with Crippen LogP contribution >= 0.6 is 28.1 Å². The first-order valence-electron chi connectivity index (χ1n) is 7.21. The number of primary sulfonamides is 1. The second kappa shape index (κ2) is 8.12. The molecule has 0 aliphatic rings. The van der Waals surface area contributed by atoms with Gasteiger partial charge in [-0.3, -0.25) is 10.1 Å². The second-order valence-electron chi connectivity index (χ2n) is 5.28. The van der Waals surface area contributed by atoms with E-state index in [9.17, 15) is 13.2 Å². The highest BCUT2D eigenvalue weighted by molar-refractivity contribution is 9.10. The van der Waals surface area contributed by atoms with E-state index in [4.69, 9.17) is 22.1 Å². The Hall–Kier alpha value is -2.01. The minimum Gasteiger partial charge on any atom is -0.496 e. The van der Waals surface area contributed by atoms with Crippen LogP contribution in [0.2, 0.25) is 0 Å². The molecule has 0 aromatic heterocycles. The molecule has 10 heteroatoms. The molecule has 4 N–H and O–H groups in total. The quantitative estimate of drug-likeness (QED) is 0.608. The molecule has 26 heavy (non-hydrogen) atoms. The van der Waals surface area contributed by atoms with Crippen molar-refractivity contribution in [2.24, 2.45) is 5.14 Å². The number of nitrogens with two attached hydrogens (primary N) is 1. The summed E-state index contributed by atoms with van der Waals surface area (Å²) in [6, 6.07) is 9.11. The normalized spacial score (nSPS) is 10.9. The number of benzene rings is 2. The van der Waals surface area contributed by atoms with Gasteiger partial charge < -0.3 is 10.1 Å². The van der Waals surface area contributed by atoms with Crippen molar-refractivity contribution in [1.29, 1.82) is 0 Å². The van der Waals surface area contributed by atoms with Crippen molar-refractivity contribution in [2.75, 3.05) is 12.4 Å². The molecule has 0 aliphatic heterocycles. The fraction of sp³-hybridized carbons (Fsp3) is 0.125. The third-order valence-corrected chi connectivity index (χ3v) is 4.95. The maximum atomic E-state index is 12.5. The largest absolute Gasteiger partial charge is 0.496 e. The molecule has 0 fully saturated rings. The fourth-order valence-corrected chi connectivity index (χ4v) is 3.53. The molecule has 0 spiro atoms. The van der Waals surface area contributed by atoms with E-state index in [1.165, 1.54) is 31.4 Å². The van der Waals surface area contributed by atoms with Crippen molar-refractivity contribution in [2.45, 2.75) is 11.8 Å². The highest BCUT2D eigenvalue weighted by atomic mass is 79.9. The van der Waals surface area contributed by atoms with Crippen LogP contribution in [0.25, 0.3) is 0 Å². The number of sulfonamides is 1. The van der Waals surface area contributed by atoms with E-state index in [0.717, 1.165) is 10.0 Å². The van der Waals surface area contributed by atoms with Crippen molar-refractivity contribution in [3.8, 4) is 5.75 Å². The molecule has 0 unspecified atom stereocenters. The number of anilines is 1. The summed E-state index contributed by atoms with van der Waals surface area (Å²) in [6.45, 7) is 1.82. The standard InChI is InChI=1S/C16H16BrN3O4S2/c1-9-7-10(17)8-13(14(9)24-2)15(21)20-16(25)19-11-3-5-12(6-4-11)26(18,22)23/h3-8H,1-2H3,(H2,18,22,23)(H2,19,20,21,25). The van der Waals surface area contributed by atoms with Crippen molar-refractivity contribution in [3.63, 3.8) is 0 Å². The molecule has 0 aliphatic carbocycles. The number of amides is 1. The number of carbonyl (C=O) groups is 1. The van der Waals surface area contributed by atoms with Crippen LogP contribution in [-0.4, -0.2) is 26.5 Å². The molecule has 138 valence electrons. The Labute approximate surface area is 165 Å². The van der Waals surface area contributed by atoms with Crippen LogP contribution in [0.5, 0.6) is 5.75 Å². The molecule has 0 saturated carbocycles. The predicted molar refractivity (Wildman–Crippen MR) is 107 cm³/mol.